The maximum absolute atomic E-state index is 5.19. The van der Waals surface area contributed by atoms with Crippen LogP contribution in [0.15, 0.2) is 12.4 Å². The molecule has 84 valence electrons. The number of ether oxygens (including phenoxy) is 2. The molecule has 0 fully saturated rings. The van der Waals surface area contributed by atoms with Crippen molar-refractivity contribution in [1.29, 1.82) is 0 Å². The third kappa shape index (κ3) is 4.22. The van der Waals surface area contributed by atoms with Crippen molar-refractivity contribution < 1.29 is 9.47 Å². The number of nitrogens with zero attached hydrogens (tertiary/aromatic N) is 2. The molecule has 1 rings (SSSR count). The van der Waals surface area contributed by atoms with Gasteiger partial charge in [0.25, 0.3) is 0 Å². The van der Waals surface area contributed by atoms with Crippen LogP contribution in [0.2, 0.25) is 0 Å². The summed E-state index contributed by atoms with van der Waals surface area (Å²) in [4.78, 5) is 8.25. The van der Waals surface area contributed by atoms with Crippen molar-refractivity contribution in [3.63, 3.8) is 0 Å². The monoisotopic (exact) mass is 211 g/mol. The van der Waals surface area contributed by atoms with Crippen LogP contribution in [-0.4, -0.2) is 43.4 Å². The molecule has 1 unspecified atom stereocenters. The van der Waals surface area contributed by atoms with Gasteiger partial charge in [0.15, 0.2) is 0 Å². The van der Waals surface area contributed by atoms with Crippen LogP contribution in [-0.2, 0) is 9.47 Å². The molecule has 1 aromatic rings. The number of nitrogens with one attached hydrogen (secondary N) is 1. The summed E-state index contributed by atoms with van der Waals surface area (Å²) in [5, 5.41) is 3.08. The second-order valence-corrected chi connectivity index (χ2v) is 3.28. The molecule has 0 spiro atoms. The van der Waals surface area contributed by atoms with Crippen LogP contribution in [0.1, 0.15) is 5.56 Å². The summed E-state index contributed by atoms with van der Waals surface area (Å²) >= 11 is 0. The fourth-order valence-corrected chi connectivity index (χ4v) is 1.09. The summed E-state index contributed by atoms with van der Waals surface area (Å²) in [5.74, 6) is 0.610. The lowest BCUT2D eigenvalue weighted by atomic mass is 10.4. The summed E-state index contributed by atoms with van der Waals surface area (Å²) in [7, 11) is 3.30. The number of hydrogen-bond donors (Lipinski definition) is 1. The summed E-state index contributed by atoms with van der Waals surface area (Å²) < 4.78 is 10.2. The molecule has 0 aromatic carbocycles. The van der Waals surface area contributed by atoms with E-state index in [0.717, 1.165) is 5.56 Å². The molecular formula is C10H17N3O2. The number of rotatable bonds is 6. The van der Waals surface area contributed by atoms with Crippen molar-refractivity contribution in [1.82, 2.24) is 9.97 Å². The van der Waals surface area contributed by atoms with Crippen molar-refractivity contribution in [3.8, 4) is 0 Å². The van der Waals surface area contributed by atoms with Gasteiger partial charge in [0.2, 0.25) is 5.95 Å². The van der Waals surface area contributed by atoms with Gasteiger partial charge in [0, 0.05) is 33.2 Å². The highest BCUT2D eigenvalue weighted by atomic mass is 16.5. The zero-order valence-corrected chi connectivity index (χ0v) is 9.36. The molecule has 0 aliphatic rings. The van der Waals surface area contributed by atoms with Crippen LogP contribution in [0.5, 0.6) is 0 Å². The first-order valence-corrected chi connectivity index (χ1v) is 4.80. The largest absolute Gasteiger partial charge is 0.382 e. The normalized spacial score (nSPS) is 12.5. The number of methoxy groups -OCH3 is 2. The number of aromatic nitrogens is 2. The highest BCUT2D eigenvalue weighted by molar-refractivity contribution is 5.24. The molecule has 15 heavy (non-hydrogen) atoms. The molecule has 0 amide bonds. The molecular weight excluding hydrogens is 194 g/mol. The van der Waals surface area contributed by atoms with Crippen LogP contribution in [0.25, 0.3) is 0 Å². The third-order valence-electron chi connectivity index (χ3n) is 1.95. The Hall–Kier alpha value is -1.20. The molecule has 1 aromatic heterocycles. The molecule has 0 aliphatic heterocycles. The van der Waals surface area contributed by atoms with E-state index >= 15 is 0 Å². The lowest BCUT2D eigenvalue weighted by Crippen LogP contribution is -2.27. The quantitative estimate of drug-likeness (QED) is 0.756. The molecule has 0 aliphatic carbocycles. The van der Waals surface area contributed by atoms with Gasteiger partial charge in [-0.2, -0.15) is 0 Å². The minimum Gasteiger partial charge on any atom is -0.382 e. The Morgan fingerprint density at radius 3 is 2.53 bits per heavy atom. The maximum atomic E-state index is 5.19. The van der Waals surface area contributed by atoms with E-state index in [4.69, 9.17) is 9.47 Å². The maximum Gasteiger partial charge on any atom is 0.222 e. The second-order valence-electron chi connectivity index (χ2n) is 3.28. The third-order valence-corrected chi connectivity index (χ3v) is 1.95. The van der Waals surface area contributed by atoms with E-state index in [1.54, 1.807) is 26.6 Å². The standard InChI is InChI=1S/C10H17N3O2/c1-8-4-11-10(12-5-8)13-6-9(15-3)7-14-2/h4-5,9H,6-7H2,1-3H3,(H,11,12,13). The zero-order valence-electron chi connectivity index (χ0n) is 9.36. The van der Waals surface area contributed by atoms with Gasteiger partial charge in [-0.1, -0.05) is 0 Å². The molecule has 5 heteroatoms. The molecule has 1 N–H and O–H groups in total. The van der Waals surface area contributed by atoms with E-state index in [2.05, 4.69) is 15.3 Å². The van der Waals surface area contributed by atoms with Gasteiger partial charge >= 0.3 is 0 Å². The summed E-state index contributed by atoms with van der Waals surface area (Å²) in [5.41, 5.74) is 1.04. The van der Waals surface area contributed by atoms with E-state index in [0.29, 0.717) is 19.1 Å². The Kier molecular flexibility index (Phi) is 5.00. The van der Waals surface area contributed by atoms with Crippen molar-refractivity contribution in [2.75, 3.05) is 32.7 Å². The first kappa shape index (κ1) is 11.9. The summed E-state index contributed by atoms with van der Waals surface area (Å²) in [6, 6.07) is 0. The minimum absolute atomic E-state index is 0.0138. The molecule has 5 nitrogen and oxygen atoms in total. The second kappa shape index (κ2) is 6.31. The van der Waals surface area contributed by atoms with E-state index in [1.165, 1.54) is 0 Å². The van der Waals surface area contributed by atoms with Crippen molar-refractivity contribution in [2.45, 2.75) is 13.0 Å². The van der Waals surface area contributed by atoms with Crippen molar-refractivity contribution >= 4 is 5.95 Å². The van der Waals surface area contributed by atoms with Crippen LogP contribution in [0.4, 0.5) is 5.95 Å². The molecule has 1 heterocycles. The van der Waals surface area contributed by atoms with Crippen LogP contribution >= 0.6 is 0 Å². The molecule has 1 atom stereocenters. The summed E-state index contributed by atoms with van der Waals surface area (Å²) in [6.07, 6.45) is 3.56. The Labute approximate surface area is 89.8 Å². The Balaban J connectivity index is 2.38. The highest BCUT2D eigenvalue weighted by Gasteiger charge is 2.06. The topological polar surface area (TPSA) is 56.3 Å². The molecule has 0 radical (unpaired) electrons. The highest BCUT2D eigenvalue weighted by Crippen LogP contribution is 1.99. The predicted octanol–water partition coefficient (Wildman–Crippen LogP) is 0.858. The molecule has 0 bridgehead atoms. The first-order valence-electron chi connectivity index (χ1n) is 4.80. The lowest BCUT2D eigenvalue weighted by Gasteiger charge is -2.14. The van der Waals surface area contributed by atoms with Crippen LogP contribution in [0, 0.1) is 6.92 Å². The number of anilines is 1. The predicted molar refractivity (Wildman–Crippen MR) is 57.9 cm³/mol. The minimum atomic E-state index is 0.0138. The summed E-state index contributed by atoms with van der Waals surface area (Å²) in [6.45, 7) is 3.13. The van der Waals surface area contributed by atoms with Gasteiger partial charge in [0.1, 0.15) is 0 Å². The van der Waals surface area contributed by atoms with Crippen molar-refractivity contribution in [3.05, 3.63) is 18.0 Å². The smallest absolute Gasteiger partial charge is 0.222 e. The Bertz CT molecular complexity index is 277. The van der Waals surface area contributed by atoms with Crippen LogP contribution < -0.4 is 5.32 Å². The van der Waals surface area contributed by atoms with Gasteiger partial charge in [-0.05, 0) is 12.5 Å². The van der Waals surface area contributed by atoms with Gasteiger partial charge in [-0.3, -0.25) is 0 Å². The Morgan fingerprint density at radius 1 is 1.33 bits per heavy atom. The molecule has 0 saturated carbocycles. The van der Waals surface area contributed by atoms with Crippen molar-refractivity contribution in [2.24, 2.45) is 0 Å². The van der Waals surface area contributed by atoms with E-state index < -0.39 is 0 Å². The van der Waals surface area contributed by atoms with Gasteiger partial charge in [-0.15, -0.1) is 0 Å². The number of aryl methyl sites for hydroxylation is 1. The van der Waals surface area contributed by atoms with Gasteiger partial charge < -0.3 is 14.8 Å². The van der Waals surface area contributed by atoms with Gasteiger partial charge in [-0.25, -0.2) is 9.97 Å². The van der Waals surface area contributed by atoms with Crippen LogP contribution in [0.3, 0.4) is 0 Å². The van der Waals surface area contributed by atoms with Gasteiger partial charge in [0.05, 0.1) is 12.7 Å². The number of hydrogen-bond acceptors (Lipinski definition) is 5. The first-order chi connectivity index (χ1) is 7.26. The molecule has 0 saturated heterocycles. The van der Waals surface area contributed by atoms with E-state index in [1.807, 2.05) is 6.92 Å². The fraction of sp³-hybridized carbons (Fsp3) is 0.600. The average molecular weight is 211 g/mol. The zero-order chi connectivity index (χ0) is 11.1. The Morgan fingerprint density at radius 2 is 2.00 bits per heavy atom. The SMILES string of the molecule is COCC(CNc1ncc(C)cn1)OC. The fourth-order valence-electron chi connectivity index (χ4n) is 1.09. The van der Waals surface area contributed by atoms with E-state index in [9.17, 15) is 0 Å². The average Bonchev–Trinajstić information content (AvgIpc) is 2.26. The lowest BCUT2D eigenvalue weighted by molar-refractivity contribution is 0.0365. The van der Waals surface area contributed by atoms with E-state index in [-0.39, 0.29) is 6.10 Å².